The number of likely N-dealkylation sites (N-methyl/N-ethyl adjacent to an activating group) is 1. The Morgan fingerprint density at radius 1 is 1.12 bits per heavy atom. The minimum atomic E-state index is -1.22. The molecule has 1 aliphatic rings. The van der Waals surface area contributed by atoms with Crippen molar-refractivity contribution in [2.45, 2.75) is 26.5 Å². The van der Waals surface area contributed by atoms with Crippen LogP contribution < -0.4 is 15.7 Å². The molecule has 1 aliphatic heterocycles. The van der Waals surface area contributed by atoms with E-state index in [0.29, 0.717) is 5.56 Å². The monoisotopic (exact) mass is 352 g/mol. The summed E-state index contributed by atoms with van der Waals surface area (Å²) in [4.78, 5) is 28.2. The van der Waals surface area contributed by atoms with Gasteiger partial charge >= 0.3 is 0 Å². The molecule has 0 unspecified atom stereocenters. The number of hydrogen-bond acceptors (Lipinski definition) is 6. The van der Waals surface area contributed by atoms with Crippen molar-refractivity contribution >= 4 is 17.5 Å². The molecule has 25 heavy (non-hydrogen) atoms. The van der Waals surface area contributed by atoms with Crippen LogP contribution in [0.2, 0.25) is 0 Å². The Bertz CT molecular complexity index is 569. The number of hydroxylamine groups is 1. The topological polar surface area (TPSA) is 105 Å². The van der Waals surface area contributed by atoms with Gasteiger partial charge in [0, 0.05) is 37.4 Å². The first-order chi connectivity index (χ1) is 11.4. The zero-order valence-corrected chi connectivity index (χ0v) is 13.9. The number of aliphatic hydroxyl groups is 1. The molecule has 0 aliphatic carbocycles. The van der Waals surface area contributed by atoms with E-state index < -0.39 is 24.0 Å². The quantitative estimate of drug-likeness (QED) is 0.441. The SMILES string of the molecule is C.C[C@@H](O)[C@H](NC(=O)c1ccc(N2CCN(C)CC2)cc1)C(=O)NO. The maximum atomic E-state index is 12.2. The van der Waals surface area contributed by atoms with E-state index in [1.807, 2.05) is 12.1 Å². The van der Waals surface area contributed by atoms with Gasteiger partial charge in [-0.2, -0.15) is 0 Å². The highest BCUT2D eigenvalue weighted by Gasteiger charge is 2.25. The lowest BCUT2D eigenvalue weighted by atomic mass is 10.1. The number of hydrogen-bond donors (Lipinski definition) is 4. The van der Waals surface area contributed by atoms with Crippen LogP contribution in [0.4, 0.5) is 5.69 Å². The number of amides is 2. The van der Waals surface area contributed by atoms with Crippen LogP contribution in [0.25, 0.3) is 0 Å². The molecule has 1 aromatic carbocycles. The summed E-state index contributed by atoms with van der Waals surface area (Å²) in [6, 6.07) is 5.87. The molecule has 4 N–H and O–H groups in total. The molecule has 1 fully saturated rings. The van der Waals surface area contributed by atoms with E-state index in [9.17, 15) is 14.7 Å². The third-order valence-electron chi connectivity index (χ3n) is 4.16. The molecule has 1 heterocycles. The van der Waals surface area contributed by atoms with E-state index in [-0.39, 0.29) is 7.43 Å². The Hall–Kier alpha value is -2.16. The summed E-state index contributed by atoms with van der Waals surface area (Å²) in [7, 11) is 2.09. The summed E-state index contributed by atoms with van der Waals surface area (Å²) in [6.45, 7) is 5.21. The van der Waals surface area contributed by atoms with E-state index in [4.69, 9.17) is 5.21 Å². The van der Waals surface area contributed by atoms with Crippen LogP contribution in [0.1, 0.15) is 24.7 Å². The number of rotatable bonds is 5. The van der Waals surface area contributed by atoms with Gasteiger partial charge in [-0.1, -0.05) is 7.43 Å². The number of anilines is 1. The van der Waals surface area contributed by atoms with Crippen LogP contribution in [0, 0.1) is 0 Å². The minimum Gasteiger partial charge on any atom is -0.391 e. The molecule has 8 heteroatoms. The molecule has 1 saturated heterocycles. The van der Waals surface area contributed by atoms with Crippen molar-refractivity contribution in [2.24, 2.45) is 0 Å². The van der Waals surface area contributed by atoms with Crippen LogP contribution in [-0.2, 0) is 4.79 Å². The number of nitrogens with one attached hydrogen (secondary N) is 2. The van der Waals surface area contributed by atoms with Crippen molar-refractivity contribution in [3.05, 3.63) is 29.8 Å². The third kappa shape index (κ3) is 5.42. The second-order valence-corrected chi connectivity index (χ2v) is 6.00. The molecule has 1 aromatic rings. The van der Waals surface area contributed by atoms with Crippen molar-refractivity contribution in [3.8, 4) is 0 Å². The van der Waals surface area contributed by atoms with Gasteiger partial charge in [-0.25, -0.2) is 5.48 Å². The predicted octanol–water partition coefficient (Wildman–Crippen LogP) is 0.0591. The Kier molecular flexibility index (Phi) is 7.82. The second-order valence-electron chi connectivity index (χ2n) is 6.00. The van der Waals surface area contributed by atoms with Gasteiger partial charge in [-0.3, -0.25) is 14.8 Å². The molecular formula is C17H28N4O4. The maximum Gasteiger partial charge on any atom is 0.268 e. The number of carbonyl (C=O) groups is 2. The standard InChI is InChI=1S/C16H24N4O4.CH4/c1-11(21)14(16(23)18-24)17-15(22)12-3-5-13(6-4-12)20-9-7-19(2)8-10-20;/h3-6,11,14,21,24H,7-10H2,1-2H3,(H,17,22)(H,18,23);1H4/t11-,14+;/m1./s1. The fourth-order valence-electron chi connectivity index (χ4n) is 2.59. The van der Waals surface area contributed by atoms with E-state index in [2.05, 4.69) is 22.2 Å². The van der Waals surface area contributed by atoms with Crippen molar-refractivity contribution in [3.63, 3.8) is 0 Å². The maximum absolute atomic E-state index is 12.2. The van der Waals surface area contributed by atoms with Gasteiger partial charge in [0.25, 0.3) is 11.8 Å². The van der Waals surface area contributed by atoms with Gasteiger partial charge < -0.3 is 20.2 Å². The van der Waals surface area contributed by atoms with Crippen LogP contribution in [0.3, 0.4) is 0 Å². The van der Waals surface area contributed by atoms with E-state index in [1.54, 1.807) is 12.1 Å². The minimum absolute atomic E-state index is 0. The molecule has 0 bridgehead atoms. The normalized spacial score (nSPS) is 17.2. The van der Waals surface area contributed by atoms with Crippen LogP contribution in [0.5, 0.6) is 0 Å². The van der Waals surface area contributed by atoms with Crippen LogP contribution in [-0.4, -0.2) is 72.4 Å². The first-order valence-corrected chi connectivity index (χ1v) is 7.89. The van der Waals surface area contributed by atoms with Gasteiger partial charge in [-0.05, 0) is 38.2 Å². The number of nitrogens with zero attached hydrogens (tertiary/aromatic N) is 2. The summed E-state index contributed by atoms with van der Waals surface area (Å²) in [5.74, 6) is -1.36. The van der Waals surface area contributed by atoms with E-state index in [1.165, 1.54) is 12.4 Å². The first-order valence-electron chi connectivity index (χ1n) is 7.89. The van der Waals surface area contributed by atoms with Crippen molar-refractivity contribution < 1.29 is 19.9 Å². The van der Waals surface area contributed by atoms with Crippen LogP contribution >= 0.6 is 0 Å². The summed E-state index contributed by atoms with van der Waals surface area (Å²) in [5, 5.41) is 20.6. The van der Waals surface area contributed by atoms with Gasteiger partial charge in [0.1, 0.15) is 6.04 Å². The van der Waals surface area contributed by atoms with E-state index in [0.717, 1.165) is 31.9 Å². The van der Waals surface area contributed by atoms with Crippen molar-refractivity contribution in [1.82, 2.24) is 15.7 Å². The van der Waals surface area contributed by atoms with Crippen LogP contribution in [0.15, 0.2) is 24.3 Å². The van der Waals surface area contributed by atoms with Crippen molar-refractivity contribution in [1.29, 1.82) is 0 Å². The summed E-state index contributed by atoms with van der Waals surface area (Å²) < 4.78 is 0. The Balaban J connectivity index is 0.00000312. The third-order valence-corrected chi connectivity index (χ3v) is 4.16. The van der Waals surface area contributed by atoms with Gasteiger partial charge in [-0.15, -0.1) is 0 Å². The Labute approximate surface area is 148 Å². The summed E-state index contributed by atoms with van der Waals surface area (Å²) in [5.41, 5.74) is 2.86. The highest BCUT2D eigenvalue weighted by molar-refractivity contribution is 5.97. The zero-order chi connectivity index (χ0) is 17.7. The lowest BCUT2D eigenvalue weighted by Gasteiger charge is -2.34. The second kappa shape index (κ2) is 9.36. The number of benzene rings is 1. The molecule has 0 spiro atoms. The first kappa shape index (κ1) is 20.9. The largest absolute Gasteiger partial charge is 0.391 e. The number of carbonyl (C=O) groups excluding carboxylic acids is 2. The summed E-state index contributed by atoms with van der Waals surface area (Å²) >= 11 is 0. The molecule has 2 atom stereocenters. The Morgan fingerprint density at radius 2 is 1.68 bits per heavy atom. The predicted molar refractivity (Wildman–Crippen MR) is 95.7 cm³/mol. The molecule has 2 rings (SSSR count). The van der Waals surface area contributed by atoms with Crippen molar-refractivity contribution in [2.75, 3.05) is 38.1 Å². The van der Waals surface area contributed by atoms with Gasteiger partial charge in [0.05, 0.1) is 6.10 Å². The fraction of sp³-hybridized carbons (Fsp3) is 0.529. The lowest BCUT2D eigenvalue weighted by molar-refractivity contribution is -0.133. The smallest absolute Gasteiger partial charge is 0.268 e. The average molecular weight is 352 g/mol. The van der Waals surface area contributed by atoms with E-state index >= 15 is 0 Å². The molecule has 0 radical (unpaired) electrons. The molecule has 0 saturated carbocycles. The molecular weight excluding hydrogens is 324 g/mol. The number of piperazine rings is 1. The summed E-state index contributed by atoms with van der Waals surface area (Å²) in [6.07, 6.45) is -1.13. The average Bonchev–Trinajstić information content (AvgIpc) is 2.59. The highest BCUT2D eigenvalue weighted by Crippen LogP contribution is 2.17. The molecule has 8 nitrogen and oxygen atoms in total. The Morgan fingerprint density at radius 3 is 2.16 bits per heavy atom. The highest BCUT2D eigenvalue weighted by atomic mass is 16.5. The zero-order valence-electron chi connectivity index (χ0n) is 13.9. The fourth-order valence-corrected chi connectivity index (χ4v) is 2.59. The molecule has 0 aromatic heterocycles. The molecule has 2 amide bonds. The lowest BCUT2D eigenvalue weighted by Crippen LogP contribution is -2.51. The number of aliphatic hydroxyl groups excluding tert-OH is 1. The van der Waals surface area contributed by atoms with Gasteiger partial charge in [0.15, 0.2) is 0 Å². The molecule has 140 valence electrons. The van der Waals surface area contributed by atoms with Gasteiger partial charge in [0.2, 0.25) is 0 Å².